The van der Waals surface area contributed by atoms with Gasteiger partial charge in [-0.1, -0.05) is 25.3 Å². The van der Waals surface area contributed by atoms with Crippen LogP contribution in [0.1, 0.15) is 32.1 Å². The lowest BCUT2D eigenvalue weighted by Gasteiger charge is -2.23. The SMILES string of the molecule is Cl.O=C(Nc1cccc(NC(=O)C2CNCCO2)c1)C1CCCCC1. The van der Waals surface area contributed by atoms with Gasteiger partial charge in [0.1, 0.15) is 6.10 Å². The molecule has 1 aromatic carbocycles. The van der Waals surface area contributed by atoms with E-state index in [0.717, 1.165) is 32.2 Å². The average Bonchev–Trinajstić information content (AvgIpc) is 2.63. The third-order valence-electron chi connectivity index (χ3n) is 4.59. The van der Waals surface area contributed by atoms with Crippen molar-refractivity contribution in [3.05, 3.63) is 24.3 Å². The third-order valence-corrected chi connectivity index (χ3v) is 4.59. The molecule has 1 saturated heterocycles. The molecule has 1 heterocycles. The molecule has 1 aliphatic carbocycles. The van der Waals surface area contributed by atoms with Crippen LogP contribution in [-0.4, -0.2) is 37.6 Å². The number of rotatable bonds is 4. The average molecular weight is 368 g/mol. The number of halogens is 1. The standard InChI is InChI=1S/C18H25N3O3.ClH/c22-17(13-5-2-1-3-6-13)20-14-7-4-8-15(11-14)21-18(23)16-12-19-9-10-24-16;/h4,7-8,11,13,16,19H,1-3,5-6,9-10,12H2,(H,20,22)(H,21,23);1H. The summed E-state index contributed by atoms with van der Waals surface area (Å²) in [7, 11) is 0. The summed E-state index contributed by atoms with van der Waals surface area (Å²) in [6, 6.07) is 7.26. The number of nitrogens with one attached hydrogen (secondary N) is 3. The van der Waals surface area contributed by atoms with Crippen LogP contribution in [0.5, 0.6) is 0 Å². The van der Waals surface area contributed by atoms with Crippen molar-refractivity contribution in [3.8, 4) is 0 Å². The topological polar surface area (TPSA) is 79.5 Å². The maximum atomic E-state index is 12.3. The van der Waals surface area contributed by atoms with Crippen LogP contribution in [-0.2, 0) is 14.3 Å². The van der Waals surface area contributed by atoms with Crippen molar-refractivity contribution in [2.24, 2.45) is 5.92 Å². The van der Waals surface area contributed by atoms with E-state index in [1.807, 2.05) is 18.2 Å². The summed E-state index contributed by atoms with van der Waals surface area (Å²) < 4.78 is 5.44. The van der Waals surface area contributed by atoms with E-state index < -0.39 is 6.10 Å². The summed E-state index contributed by atoms with van der Waals surface area (Å²) in [5, 5.41) is 8.95. The molecule has 0 spiro atoms. The number of hydrogen-bond acceptors (Lipinski definition) is 4. The van der Waals surface area contributed by atoms with Crippen molar-refractivity contribution in [1.82, 2.24) is 5.32 Å². The molecule has 2 aliphatic rings. The Balaban J connectivity index is 0.00000225. The van der Waals surface area contributed by atoms with E-state index in [4.69, 9.17) is 4.74 Å². The number of ether oxygens (including phenoxy) is 1. The molecule has 25 heavy (non-hydrogen) atoms. The van der Waals surface area contributed by atoms with Crippen molar-refractivity contribution >= 4 is 35.6 Å². The number of amides is 2. The van der Waals surface area contributed by atoms with Crippen molar-refractivity contribution in [2.45, 2.75) is 38.2 Å². The number of morpholine rings is 1. The number of carbonyl (C=O) groups excluding carboxylic acids is 2. The predicted octanol–water partition coefficient (Wildman–Crippen LogP) is 2.55. The van der Waals surface area contributed by atoms with Crippen LogP contribution in [0.2, 0.25) is 0 Å². The van der Waals surface area contributed by atoms with Gasteiger partial charge >= 0.3 is 0 Å². The molecule has 3 N–H and O–H groups in total. The monoisotopic (exact) mass is 367 g/mol. The Hall–Kier alpha value is -1.63. The van der Waals surface area contributed by atoms with Gasteiger partial charge in [-0.05, 0) is 31.0 Å². The van der Waals surface area contributed by atoms with Crippen LogP contribution < -0.4 is 16.0 Å². The summed E-state index contributed by atoms with van der Waals surface area (Å²) in [6.07, 6.45) is 4.94. The zero-order valence-corrected chi connectivity index (χ0v) is 15.1. The van der Waals surface area contributed by atoms with Crippen molar-refractivity contribution in [1.29, 1.82) is 0 Å². The first-order valence-corrected chi connectivity index (χ1v) is 8.76. The summed E-state index contributed by atoms with van der Waals surface area (Å²) in [5.74, 6) is 0.0228. The van der Waals surface area contributed by atoms with Crippen LogP contribution in [0.4, 0.5) is 11.4 Å². The Labute approximate surface area is 154 Å². The van der Waals surface area contributed by atoms with Gasteiger partial charge < -0.3 is 20.7 Å². The molecule has 2 fully saturated rings. The van der Waals surface area contributed by atoms with Gasteiger partial charge in [0.15, 0.2) is 0 Å². The van der Waals surface area contributed by atoms with Crippen LogP contribution in [0.15, 0.2) is 24.3 Å². The lowest BCUT2D eigenvalue weighted by atomic mass is 9.88. The first-order valence-electron chi connectivity index (χ1n) is 8.76. The van der Waals surface area contributed by atoms with Crippen molar-refractivity contribution in [2.75, 3.05) is 30.3 Å². The number of carbonyl (C=O) groups is 2. The van der Waals surface area contributed by atoms with E-state index in [1.54, 1.807) is 6.07 Å². The van der Waals surface area contributed by atoms with Gasteiger partial charge in [-0.3, -0.25) is 9.59 Å². The summed E-state index contributed by atoms with van der Waals surface area (Å²) >= 11 is 0. The van der Waals surface area contributed by atoms with Gasteiger partial charge in [-0.25, -0.2) is 0 Å². The Bertz CT molecular complexity index is 537. The molecule has 1 saturated carbocycles. The number of hydrogen-bond donors (Lipinski definition) is 3. The molecule has 0 radical (unpaired) electrons. The molecular formula is C18H26ClN3O3. The van der Waals surface area contributed by atoms with Gasteiger partial charge in [-0.2, -0.15) is 0 Å². The molecule has 1 atom stereocenters. The van der Waals surface area contributed by atoms with E-state index in [-0.39, 0.29) is 30.1 Å². The summed E-state index contributed by atoms with van der Waals surface area (Å²) in [5.41, 5.74) is 1.38. The lowest BCUT2D eigenvalue weighted by Crippen LogP contribution is -2.45. The smallest absolute Gasteiger partial charge is 0.254 e. The Morgan fingerprint density at radius 1 is 1.04 bits per heavy atom. The van der Waals surface area contributed by atoms with Crippen molar-refractivity contribution in [3.63, 3.8) is 0 Å². The molecule has 7 heteroatoms. The van der Waals surface area contributed by atoms with Crippen LogP contribution in [0.25, 0.3) is 0 Å². The molecule has 6 nitrogen and oxygen atoms in total. The second-order valence-corrected chi connectivity index (χ2v) is 6.46. The molecule has 1 aromatic rings. The zero-order valence-electron chi connectivity index (χ0n) is 14.3. The van der Waals surface area contributed by atoms with Gasteiger partial charge in [0.2, 0.25) is 5.91 Å². The first kappa shape index (κ1) is 19.7. The minimum atomic E-state index is -0.473. The normalized spacial score (nSPS) is 21.0. The minimum Gasteiger partial charge on any atom is -0.366 e. The van der Waals surface area contributed by atoms with E-state index in [0.29, 0.717) is 24.5 Å². The summed E-state index contributed by atoms with van der Waals surface area (Å²) in [6.45, 7) is 1.83. The number of anilines is 2. The second kappa shape index (κ2) is 9.75. The second-order valence-electron chi connectivity index (χ2n) is 6.46. The molecular weight excluding hydrogens is 342 g/mol. The zero-order chi connectivity index (χ0) is 16.8. The highest BCUT2D eigenvalue weighted by molar-refractivity contribution is 5.96. The molecule has 138 valence electrons. The van der Waals surface area contributed by atoms with Gasteiger partial charge in [-0.15, -0.1) is 12.4 Å². The molecule has 0 aromatic heterocycles. The lowest BCUT2D eigenvalue weighted by molar-refractivity contribution is -0.128. The molecule has 1 unspecified atom stereocenters. The van der Waals surface area contributed by atoms with Gasteiger partial charge in [0.25, 0.3) is 5.91 Å². The fourth-order valence-electron chi connectivity index (χ4n) is 3.24. The first-order chi connectivity index (χ1) is 11.7. The molecule has 0 bridgehead atoms. The number of benzene rings is 1. The fraction of sp³-hybridized carbons (Fsp3) is 0.556. The predicted molar refractivity (Wildman–Crippen MR) is 100 cm³/mol. The van der Waals surface area contributed by atoms with E-state index >= 15 is 0 Å². The molecule has 1 aliphatic heterocycles. The van der Waals surface area contributed by atoms with Crippen molar-refractivity contribution < 1.29 is 14.3 Å². The minimum absolute atomic E-state index is 0. The Morgan fingerprint density at radius 2 is 1.72 bits per heavy atom. The quantitative estimate of drug-likeness (QED) is 0.764. The van der Waals surface area contributed by atoms with Gasteiger partial charge in [0, 0.05) is 30.4 Å². The summed E-state index contributed by atoms with van der Waals surface area (Å²) in [4.78, 5) is 24.5. The van der Waals surface area contributed by atoms with Gasteiger partial charge in [0.05, 0.1) is 6.61 Å². The Kier molecular flexibility index (Phi) is 7.68. The largest absolute Gasteiger partial charge is 0.366 e. The third kappa shape index (κ3) is 5.70. The van der Waals surface area contributed by atoms with Crippen LogP contribution in [0.3, 0.4) is 0 Å². The fourth-order valence-corrected chi connectivity index (χ4v) is 3.24. The maximum absolute atomic E-state index is 12.3. The maximum Gasteiger partial charge on any atom is 0.254 e. The van der Waals surface area contributed by atoms with E-state index in [9.17, 15) is 9.59 Å². The molecule has 2 amide bonds. The van der Waals surface area contributed by atoms with E-state index in [1.165, 1.54) is 6.42 Å². The highest BCUT2D eigenvalue weighted by atomic mass is 35.5. The highest BCUT2D eigenvalue weighted by Gasteiger charge is 2.23. The Morgan fingerprint density at radius 3 is 2.36 bits per heavy atom. The van der Waals surface area contributed by atoms with Crippen LogP contribution >= 0.6 is 12.4 Å². The molecule has 3 rings (SSSR count). The van der Waals surface area contributed by atoms with Crippen LogP contribution in [0, 0.1) is 5.92 Å². The van der Waals surface area contributed by atoms with E-state index in [2.05, 4.69) is 16.0 Å². The highest BCUT2D eigenvalue weighted by Crippen LogP contribution is 2.25.